The number of ether oxygens (including phenoxy) is 1. The van der Waals surface area contributed by atoms with Crippen LogP contribution in [0.15, 0.2) is 29.3 Å². The second-order valence-corrected chi connectivity index (χ2v) is 5.80. The zero-order chi connectivity index (χ0) is 16.8. The maximum absolute atomic E-state index is 11.7. The Bertz CT molecular complexity index is 543. The van der Waals surface area contributed by atoms with Crippen molar-refractivity contribution < 1.29 is 14.3 Å². The Labute approximate surface area is 129 Å². The first-order valence-electron chi connectivity index (χ1n) is 6.83. The number of alkyl carbamates (subject to hydrolysis) is 1. The van der Waals surface area contributed by atoms with Crippen LogP contribution in [0.1, 0.15) is 26.3 Å². The standard InChI is InChI=1S/C15H22N4O3/c1-15(2,3)22-14(21)19-12(9-20)8-10-4-6-11(7-5-10)18-13(16)17/h4-7,9,12H,8H2,1-3H3,(H,19,21)(H4,16,17,18)/t12-/m0/s1. The van der Waals surface area contributed by atoms with Crippen LogP contribution in [0, 0.1) is 0 Å². The van der Waals surface area contributed by atoms with Crippen LogP contribution in [-0.4, -0.2) is 30.0 Å². The summed E-state index contributed by atoms with van der Waals surface area (Å²) in [4.78, 5) is 26.7. The van der Waals surface area contributed by atoms with E-state index in [1.165, 1.54) is 0 Å². The Morgan fingerprint density at radius 2 is 1.91 bits per heavy atom. The number of hydrogen-bond acceptors (Lipinski definition) is 4. The van der Waals surface area contributed by atoms with Gasteiger partial charge in [-0.2, -0.15) is 0 Å². The number of hydrogen-bond donors (Lipinski definition) is 3. The molecule has 0 unspecified atom stereocenters. The van der Waals surface area contributed by atoms with E-state index in [2.05, 4.69) is 10.3 Å². The second-order valence-electron chi connectivity index (χ2n) is 5.80. The highest BCUT2D eigenvalue weighted by atomic mass is 16.6. The minimum atomic E-state index is -0.663. The van der Waals surface area contributed by atoms with Crippen LogP contribution in [-0.2, 0) is 16.0 Å². The van der Waals surface area contributed by atoms with Crippen molar-refractivity contribution in [1.29, 1.82) is 0 Å². The summed E-state index contributed by atoms with van der Waals surface area (Å²) in [6, 6.07) is 6.36. The molecule has 7 heteroatoms. The van der Waals surface area contributed by atoms with E-state index in [0.29, 0.717) is 18.4 Å². The average molecular weight is 306 g/mol. The number of nitrogens with zero attached hydrogens (tertiary/aromatic N) is 1. The van der Waals surface area contributed by atoms with Crippen LogP contribution in [0.5, 0.6) is 0 Å². The van der Waals surface area contributed by atoms with Crippen molar-refractivity contribution in [2.24, 2.45) is 16.5 Å². The molecule has 22 heavy (non-hydrogen) atoms. The van der Waals surface area contributed by atoms with Crippen LogP contribution in [0.3, 0.4) is 0 Å². The third-order valence-corrected chi connectivity index (χ3v) is 2.52. The molecule has 0 bridgehead atoms. The second kappa shape index (κ2) is 7.44. The summed E-state index contributed by atoms with van der Waals surface area (Å²) in [5, 5.41) is 2.52. The largest absolute Gasteiger partial charge is 0.444 e. The van der Waals surface area contributed by atoms with E-state index in [1.54, 1.807) is 45.0 Å². The highest BCUT2D eigenvalue weighted by Gasteiger charge is 2.19. The molecule has 7 nitrogen and oxygen atoms in total. The fraction of sp³-hybridized carbons (Fsp3) is 0.400. The Morgan fingerprint density at radius 1 is 1.32 bits per heavy atom. The molecule has 0 heterocycles. The zero-order valence-corrected chi connectivity index (χ0v) is 13.0. The quantitative estimate of drug-likeness (QED) is 0.429. The topological polar surface area (TPSA) is 120 Å². The van der Waals surface area contributed by atoms with E-state index in [1.807, 2.05) is 0 Å². The lowest BCUT2D eigenvalue weighted by molar-refractivity contribution is -0.109. The smallest absolute Gasteiger partial charge is 0.408 e. The third-order valence-electron chi connectivity index (χ3n) is 2.52. The van der Waals surface area contributed by atoms with Crippen LogP contribution in [0.25, 0.3) is 0 Å². The SMILES string of the molecule is CC(C)(C)OC(=O)N[C@H](C=O)Cc1ccc(N=C(N)N)cc1. The molecule has 0 saturated heterocycles. The van der Waals surface area contributed by atoms with Gasteiger partial charge >= 0.3 is 6.09 Å². The third kappa shape index (κ3) is 6.74. The lowest BCUT2D eigenvalue weighted by Crippen LogP contribution is -2.41. The number of benzene rings is 1. The average Bonchev–Trinajstić information content (AvgIpc) is 2.37. The van der Waals surface area contributed by atoms with Gasteiger partial charge in [0.1, 0.15) is 11.9 Å². The molecule has 1 amide bonds. The van der Waals surface area contributed by atoms with E-state index < -0.39 is 17.7 Å². The normalized spacial score (nSPS) is 12.1. The summed E-state index contributed by atoms with van der Waals surface area (Å²) < 4.78 is 5.12. The molecule has 120 valence electrons. The molecule has 1 aromatic carbocycles. The summed E-state index contributed by atoms with van der Waals surface area (Å²) >= 11 is 0. The van der Waals surface area contributed by atoms with Gasteiger partial charge < -0.3 is 26.3 Å². The lowest BCUT2D eigenvalue weighted by atomic mass is 10.1. The maximum Gasteiger partial charge on any atom is 0.408 e. The van der Waals surface area contributed by atoms with E-state index in [0.717, 1.165) is 5.56 Å². The van der Waals surface area contributed by atoms with Gasteiger partial charge in [-0.05, 0) is 44.9 Å². The van der Waals surface area contributed by atoms with Crippen LogP contribution in [0.2, 0.25) is 0 Å². The van der Waals surface area contributed by atoms with E-state index >= 15 is 0 Å². The van der Waals surface area contributed by atoms with Crippen molar-refractivity contribution in [2.45, 2.75) is 38.8 Å². The number of carbonyl (C=O) groups excluding carboxylic acids is 2. The maximum atomic E-state index is 11.7. The van der Waals surface area contributed by atoms with Gasteiger partial charge in [-0.15, -0.1) is 0 Å². The number of guanidine groups is 1. The molecule has 0 aliphatic heterocycles. The molecule has 0 aliphatic rings. The summed E-state index contributed by atoms with van der Waals surface area (Å²) in [5.74, 6) is -0.0230. The summed E-state index contributed by atoms with van der Waals surface area (Å²) in [6.45, 7) is 5.26. The van der Waals surface area contributed by atoms with Crippen molar-refractivity contribution >= 4 is 24.0 Å². The predicted molar refractivity (Wildman–Crippen MR) is 84.8 cm³/mol. The summed E-state index contributed by atoms with van der Waals surface area (Å²) in [6.07, 6.45) is 0.403. The number of carbonyl (C=O) groups is 2. The van der Waals surface area contributed by atoms with Gasteiger partial charge in [-0.25, -0.2) is 9.79 Å². The highest BCUT2D eigenvalue weighted by Crippen LogP contribution is 2.14. The predicted octanol–water partition coefficient (Wildman–Crippen LogP) is 1.23. The Balaban J connectivity index is 2.64. The zero-order valence-electron chi connectivity index (χ0n) is 13.0. The van der Waals surface area contributed by atoms with Crippen molar-refractivity contribution in [3.05, 3.63) is 29.8 Å². The molecular weight excluding hydrogens is 284 g/mol. The number of nitrogens with one attached hydrogen (secondary N) is 1. The summed E-state index contributed by atoms with van der Waals surface area (Å²) in [5.41, 5.74) is 11.4. The van der Waals surface area contributed by atoms with Gasteiger partial charge in [0.25, 0.3) is 0 Å². The Morgan fingerprint density at radius 3 is 2.36 bits per heavy atom. The number of aliphatic imine (C=N–C) groups is 1. The first-order chi connectivity index (χ1) is 10.2. The van der Waals surface area contributed by atoms with Gasteiger partial charge in [0, 0.05) is 0 Å². The van der Waals surface area contributed by atoms with E-state index in [4.69, 9.17) is 16.2 Å². The fourth-order valence-electron chi connectivity index (χ4n) is 1.70. The van der Waals surface area contributed by atoms with Crippen molar-refractivity contribution in [1.82, 2.24) is 5.32 Å². The number of amides is 1. The minimum absolute atomic E-state index is 0.0230. The van der Waals surface area contributed by atoms with Gasteiger partial charge in [-0.1, -0.05) is 12.1 Å². The number of nitrogens with two attached hydrogens (primary N) is 2. The van der Waals surface area contributed by atoms with E-state index in [9.17, 15) is 9.59 Å². The monoisotopic (exact) mass is 306 g/mol. The first-order valence-corrected chi connectivity index (χ1v) is 6.83. The van der Waals surface area contributed by atoms with Gasteiger partial charge in [0.2, 0.25) is 0 Å². The molecular formula is C15H22N4O3. The molecule has 1 aromatic rings. The van der Waals surface area contributed by atoms with Gasteiger partial charge in [-0.3, -0.25) is 0 Å². The molecule has 0 radical (unpaired) electrons. The van der Waals surface area contributed by atoms with Crippen molar-refractivity contribution in [2.75, 3.05) is 0 Å². The van der Waals surface area contributed by atoms with Crippen molar-refractivity contribution in [3.8, 4) is 0 Å². The highest BCUT2D eigenvalue weighted by molar-refractivity contribution is 5.79. The molecule has 0 aliphatic carbocycles. The van der Waals surface area contributed by atoms with Gasteiger partial charge in [0.15, 0.2) is 5.96 Å². The molecule has 1 rings (SSSR count). The molecule has 0 spiro atoms. The molecule has 0 fully saturated rings. The Hall–Kier alpha value is -2.57. The van der Waals surface area contributed by atoms with E-state index in [-0.39, 0.29) is 5.96 Å². The molecule has 5 N–H and O–H groups in total. The minimum Gasteiger partial charge on any atom is -0.444 e. The molecule has 0 aromatic heterocycles. The van der Waals surface area contributed by atoms with Gasteiger partial charge in [0.05, 0.1) is 11.7 Å². The summed E-state index contributed by atoms with van der Waals surface area (Å²) in [7, 11) is 0. The van der Waals surface area contributed by atoms with Crippen LogP contribution >= 0.6 is 0 Å². The van der Waals surface area contributed by atoms with Crippen molar-refractivity contribution in [3.63, 3.8) is 0 Å². The molecule has 1 atom stereocenters. The van der Waals surface area contributed by atoms with Crippen LogP contribution in [0.4, 0.5) is 10.5 Å². The lowest BCUT2D eigenvalue weighted by Gasteiger charge is -2.21. The molecule has 0 saturated carbocycles. The Kier molecular flexibility index (Phi) is 5.91. The number of aldehydes is 1. The number of rotatable bonds is 5. The van der Waals surface area contributed by atoms with Crippen LogP contribution < -0.4 is 16.8 Å². The fourth-order valence-corrected chi connectivity index (χ4v) is 1.70. The first kappa shape index (κ1) is 17.5.